The number of aromatic nitrogens is 1. The normalized spacial score (nSPS) is 11.6. The third-order valence-corrected chi connectivity index (χ3v) is 4.18. The summed E-state index contributed by atoms with van der Waals surface area (Å²) < 4.78 is 5.22. The van der Waals surface area contributed by atoms with Gasteiger partial charge in [0.2, 0.25) is 0 Å². The van der Waals surface area contributed by atoms with Gasteiger partial charge in [-0.2, -0.15) is 0 Å². The molecular weight excluding hydrogens is 348 g/mol. The Morgan fingerprint density at radius 2 is 1.74 bits per heavy atom. The number of carbonyl (C=O) groups excluding carboxylic acids is 4. The molecular formula is C20H22N2O5. The average molecular weight is 370 g/mol. The number of amides is 1. The molecule has 0 aliphatic heterocycles. The Labute approximate surface area is 157 Å². The number of Topliss-reactive ketones (excluding diaryl/α,β-unsaturated/α-hetero) is 2. The summed E-state index contributed by atoms with van der Waals surface area (Å²) in [4.78, 5) is 50.6. The van der Waals surface area contributed by atoms with Crippen LogP contribution >= 0.6 is 0 Å². The van der Waals surface area contributed by atoms with Crippen molar-refractivity contribution in [1.82, 2.24) is 4.98 Å². The first-order valence-corrected chi connectivity index (χ1v) is 8.44. The zero-order valence-electron chi connectivity index (χ0n) is 15.9. The number of benzene rings is 1. The lowest BCUT2D eigenvalue weighted by Gasteiger charge is -2.14. The van der Waals surface area contributed by atoms with E-state index in [1.807, 2.05) is 0 Å². The van der Waals surface area contributed by atoms with Crippen molar-refractivity contribution in [1.29, 1.82) is 0 Å². The minimum atomic E-state index is -1.07. The summed E-state index contributed by atoms with van der Waals surface area (Å²) in [6.45, 7) is 7.64. The van der Waals surface area contributed by atoms with Crippen LogP contribution in [0.15, 0.2) is 24.3 Å². The Balaban J connectivity index is 2.09. The predicted octanol–water partition coefficient (Wildman–Crippen LogP) is 3.22. The van der Waals surface area contributed by atoms with E-state index < -0.39 is 18.0 Å². The summed E-state index contributed by atoms with van der Waals surface area (Å²) in [6.07, 6.45) is -1.07. The van der Waals surface area contributed by atoms with E-state index in [4.69, 9.17) is 4.74 Å². The number of rotatable bonds is 6. The highest BCUT2D eigenvalue weighted by atomic mass is 16.5. The second-order valence-corrected chi connectivity index (χ2v) is 6.35. The molecule has 7 nitrogen and oxygen atoms in total. The molecule has 0 spiro atoms. The first-order chi connectivity index (χ1) is 12.6. The highest BCUT2D eigenvalue weighted by Gasteiger charge is 2.24. The van der Waals surface area contributed by atoms with Crippen molar-refractivity contribution in [3.05, 3.63) is 52.3 Å². The zero-order valence-corrected chi connectivity index (χ0v) is 15.9. The number of esters is 1. The first-order valence-electron chi connectivity index (χ1n) is 8.44. The van der Waals surface area contributed by atoms with Crippen molar-refractivity contribution in [2.45, 2.75) is 40.7 Å². The Morgan fingerprint density at radius 1 is 1.07 bits per heavy atom. The lowest BCUT2D eigenvalue weighted by atomic mass is 10.1. The molecule has 1 aromatic heterocycles. The molecule has 0 bridgehead atoms. The molecule has 2 N–H and O–H groups in total. The van der Waals surface area contributed by atoms with Crippen molar-refractivity contribution >= 4 is 29.1 Å². The van der Waals surface area contributed by atoms with E-state index in [0.717, 1.165) is 0 Å². The van der Waals surface area contributed by atoms with Gasteiger partial charge in [0.15, 0.2) is 17.7 Å². The van der Waals surface area contributed by atoms with E-state index >= 15 is 0 Å². The van der Waals surface area contributed by atoms with E-state index in [2.05, 4.69) is 10.3 Å². The van der Waals surface area contributed by atoms with Gasteiger partial charge >= 0.3 is 5.97 Å². The molecule has 1 unspecified atom stereocenters. The van der Waals surface area contributed by atoms with Gasteiger partial charge in [-0.1, -0.05) is 12.1 Å². The van der Waals surface area contributed by atoms with Gasteiger partial charge in [-0.15, -0.1) is 0 Å². The maximum Gasteiger partial charge on any atom is 0.355 e. The number of H-pyrrole nitrogens is 1. The van der Waals surface area contributed by atoms with Gasteiger partial charge in [0.05, 0.1) is 0 Å². The highest BCUT2D eigenvalue weighted by molar-refractivity contribution is 6.02. The zero-order chi connectivity index (χ0) is 20.3. The van der Waals surface area contributed by atoms with Crippen LogP contribution in [0.5, 0.6) is 0 Å². The van der Waals surface area contributed by atoms with Crippen LogP contribution in [0.4, 0.5) is 5.69 Å². The standard InChI is InChI=1S/C20H22N2O5/c1-10-17(13(4)24)11(2)21-18(10)20(26)27-14(5)19(25)22-16-8-6-7-15(9-16)12(3)23/h6-9,14,21H,1-5H3,(H,22,25). The van der Waals surface area contributed by atoms with Gasteiger partial charge in [-0.05, 0) is 52.3 Å². The van der Waals surface area contributed by atoms with Gasteiger partial charge in [0, 0.05) is 22.5 Å². The molecule has 0 aliphatic carbocycles. The fourth-order valence-corrected chi connectivity index (χ4v) is 2.82. The van der Waals surface area contributed by atoms with Gasteiger partial charge < -0.3 is 15.0 Å². The molecule has 0 saturated carbocycles. The van der Waals surface area contributed by atoms with E-state index in [0.29, 0.717) is 28.1 Å². The molecule has 2 rings (SSSR count). The fourth-order valence-electron chi connectivity index (χ4n) is 2.82. The van der Waals surface area contributed by atoms with E-state index in [1.54, 1.807) is 38.1 Å². The molecule has 1 heterocycles. The Hall–Kier alpha value is -3.22. The molecule has 142 valence electrons. The number of nitrogens with one attached hydrogen (secondary N) is 2. The minimum Gasteiger partial charge on any atom is -0.448 e. The third kappa shape index (κ3) is 4.49. The largest absolute Gasteiger partial charge is 0.448 e. The van der Waals surface area contributed by atoms with Gasteiger partial charge in [-0.25, -0.2) is 4.79 Å². The molecule has 0 fully saturated rings. The van der Waals surface area contributed by atoms with Crippen molar-refractivity contribution in [3.8, 4) is 0 Å². The average Bonchev–Trinajstić information content (AvgIpc) is 2.89. The quantitative estimate of drug-likeness (QED) is 0.600. The van der Waals surface area contributed by atoms with E-state index in [1.165, 1.54) is 20.8 Å². The highest BCUT2D eigenvalue weighted by Crippen LogP contribution is 2.20. The van der Waals surface area contributed by atoms with Crippen LogP contribution in [0.25, 0.3) is 0 Å². The predicted molar refractivity (Wildman–Crippen MR) is 100 cm³/mol. The first kappa shape index (κ1) is 20.1. The maximum atomic E-state index is 12.4. The summed E-state index contributed by atoms with van der Waals surface area (Å²) in [5.74, 6) is -1.53. The Kier molecular flexibility index (Phi) is 5.95. The van der Waals surface area contributed by atoms with Crippen LogP contribution in [0.3, 0.4) is 0 Å². The summed E-state index contributed by atoms with van der Waals surface area (Å²) in [5.41, 5.74) is 2.56. The molecule has 1 atom stereocenters. The molecule has 1 amide bonds. The van der Waals surface area contributed by atoms with Crippen molar-refractivity contribution in [2.24, 2.45) is 0 Å². The molecule has 0 saturated heterocycles. The number of ketones is 2. The fraction of sp³-hybridized carbons (Fsp3) is 0.300. The van der Waals surface area contributed by atoms with Gasteiger partial charge in [0.25, 0.3) is 5.91 Å². The monoisotopic (exact) mass is 370 g/mol. The molecule has 1 aromatic carbocycles. The second-order valence-electron chi connectivity index (χ2n) is 6.35. The van der Waals surface area contributed by atoms with Crippen molar-refractivity contribution in [3.63, 3.8) is 0 Å². The topological polar surface area (TPSA) is 105 Å². The Bertz CT molecular complexity index is 926. The maximum absolute atomic E-state index is 12.4. The van der Waals surface area contributed by atoms with E-state index in [-0.39, 0.29) is 17.3 Å². The van der Waals surface area contributed by atoms with Crippen LogP contribution in [0.2, 0.25) is 0 Å². The molecule has 27 heavy (non-hydrogen) atoms. The second kappa shape index (κ2) is 7.99. The number of hydrogen-bond donors (Lipinski definition) is 2. The number of ether oxygens (including phenoxy) is 1. The minimum absolute atomic E-state index is 0.121. The SMILES string of the molecule is CC(=O)c1cccc(NC(=O)C(C)OC(=O)c2[nH]c(C)c(C(C)=O)c2C)c1. The third-order valence-electron chi connectivity index (χ3n) is 4.18. The lowest BCUT2D eigenvalue weighted by molar-refractivity contribution is -0.123. The van der Waals surface area contributed by atoms with Crippen LogP contribution < -0.4 is 5.32 Å². The summed E-state index contributed by atoms with van der Waals surface area (Å²) in [7, 11) is 0. The van der Waals surface area contributed by atoms with Gasteiger partial charge in [0.1, 0.15) is 5.69 Å². The Morgan fingerprint density at radius 3 is 2.30 bits per heavy atom. The number of aromatic amines is 1. The molecule has 7 heteroatoms. The van der Waals surface area contributed by atoms with Crippen LogP contribution in [0.1, 0.15) is 63.2 Å². The summed E-state index contributed by atoms with van der Waals surface area (Å²) in [6, 6.07) is 6.48. The van der Waals surface area contributed by atoms with Crippen LogP contribution in [0, 0.1) is 13.8 Å². The van der Waals surface area contributed by atoms with Crippen LogP contribution in [-0.2, 0) is 9.53 Å². The molecule has 0 radical (unpaired) electrons. The number of hydrogen-bond acceptors (Lipinski definition) is 5. The molecule has 2 aromatic rings. The summed E-state index contributed by atoms with van der Waals surface area (Å²) in [5, 5.41) is 2.61. The number of aryl methyl sites for hydroxylation is 1. The van der Waals surface area contributed by atoms with Crippen molar-refractivity contribution < 1.29 is 23.9 Å². The van der Waals surface area contributed by atoms with Crippen molar-refractivity contribution in [2.75, 3.05) is 5.32 Å². The number of carbonyl (C=O) groups is 4. The summed E-state index contributed by atoms with van der Waals surface area (Å²) >= 11 is 0. The molecule has 0 aliphatic rings. The lowest BCUT2D eigenvalue weighted by Crippen LogP contribution is -2.30. The van der Waals surface area contributed by atoms with Gasteiger partial charge in [-0.3, -0.25) is 14.4 Å². The van der Waals surface area contributed by atoms with E-state index in [9.17, 15) is 19.2 Å². The smallest absolute Gasteiger partial charge is 0.355 e. The number of anilines is 1. The van der Waals surface area contributed by atoms with Crippen LogP contribution in [-0.4, -0.2) is 34.5 Å².